The van der Waals surface area contributed by atoms with E-state index in [1.165, 1.54) is 22.6 Å². The smallest absolute Gasteiger partial charge is 0.268 e. The van der Waals surface area contributed by atoms with Crippen molar-refractivity contribution in [2.45, 2.75) is 17.7 Å². The minimum atomic E-state index is -3.58. The summed E-state index contributed by atoms with van der Waals surface area (Å²) in [7, 11) is -3.58. The molecule has 82 valence electrons. The van der Waals surface area contributed by atoms with Crippen molar-refractivity contribution < 1.29 is 8.42 Å². The molecule has 1 aromatic heterocycles. The lowest BCUT2D eigenvalue weighted by molar-refractivity contribution is 0.476. The third kappa shape index (κ3) is 1.82. The molecule has 0 unspecified atom stereocenters. The summed E-state index contributed by atoms with van der Waals surface area (Å²) in [6, 6.07) is 2.86. The summed E-state index contributed by atoms with van der Waals surface area (Å²) < 4.78 is 25.3. The zero-order valence-corrected chi connectivity index (χ0v) is 8.96. The molecule has 2 heterocycles. The van der Waals surface area contributed by atoms with Gasteiger partial charge in [-0.3, -0.25) is 4.79 Å². The van der Waals surface area contributed by atoms with Gasteiger partial charge in [-0.05, 0) is 25.0 Å². The first-order valence-electron chi connectivity index (χ1n) is 4.80. The van der Waals surface area contributed by atoms with Gasteiger partial charge in [-0.1, -0.05) is 0 Å². The largest absolute Gasteiger partial charge is 0.328 e. The van der Waals surface area contributed by atoms with Crippen molar-refractivity contribution >= 4 is 10.0 Å². The second-order valence-electron chi connectivity index (χ2n) is 3.47. The molecule has 1 aliphatic rings. The molecule has 0 saturated carbocycles. The van der Waals surface area contributed by atoms with Crippen LogP contribution in [0, 0.1) is 0 Å². The minimum Gasteiger partial charge on any atom is -0.328 e. The first-order chi connectivity index (χ1) is 7.12. The molecule has 0 bridgehead atoms. The summed E-state index contributed by atoms with van der Waals surface area (Å²) in [5.41, 5.74) is -0.551. The van der Waals surface area contributed by atoms with Crippen molar-refractivity contribution in [1.29, 1.82) is 0 Å². The molecule has 0 amide bonds. The highest BCUT2D eigenvalue weighted by Gasteiger charge is 2.28. The molecular formula is C9H12N2O3S. The number of hydrogen-bond donors (Lipinski definition) is 1. The number of nitrogens with zero attached hydrogens (tertiary/aromatic N) is 1. The quantitative estimate of drug-likeness (QED) is 0.783. The van der Waals surface area contributed by atoms with Gasteiger partial charge in [0.2, 0.25) is 10.0 Å². The standard InChI is InChI=1S/C9H12N2O3S/c12-9-8(4-3-5-10-9)15(13,14)11-6-1-2-7-11/h3-5H,1-2,6-7H2,(H,10,12). The number of sulfonamides is 1. The van der Waals surface area contributed by atoms with E-state index >= 15 is 0 Å². The van der Waals surface area contributed by atoms with Crippen LogP contribution in [0.4, 0.5) is 0 Å². The Balaban J connectivity index is 2.46. The van der Waals surface area contributed by atoms with Gasteiger partial charge >= 0.3 is 0 Å². The van der Waals surface area contributed by atoms with Gasteiger partial charge in [-0.2, -0.15) is 4.31 Å². The van der Waals surface area contributed by atoms with Crippen LogP contribution in [0.3, 0.4) is 0 Å². The van der Waals surface area contributed by atoms with Gasteiger partial charge in [0.15, 0.2) is 0 Å². The second-order valence-corrected chi connectivity index (χ2v) is 5.38. The summed E-state index contributed by atoms with van der Waals surface area (Å²) >= 11 is 0. The van der Waals surface area contributed by atoms with Crippen LogP contribution in [-0.2, 0) is 10.0 Å². The van der Waals surface area contributed by atoms with Crippen LogP contribution in [0.1, 0.15) is 12.8 Å². The normalized spacial score (nSPS) is 18.1. The summed E-state index contributed by atoms with van der Waals surface area (Å²) in [6.07, 6.45) is 3.15. The lowest BCUT2D eigenvalue weighted by Crippen LogP contribution is -2.32. The lowest BCUT2D eigenvalue weighted by Gasteiger charge is -2.14. The Hall–Kier alpha value is -1.14. The predicted molar refractivity (Wildman–Crippen MR) is 55.1 cm³/mol. The highest BCUT2D eigenvalue weighted by Crippen LogP contribution is 2.17. The number of hydrogen-bond acceptors (Lipinski definition) is 3. The van der Waals surface area contributed by atoms with Gasteiger partial charge in [-0.25, -0.2) is 8.42 Å². The van der Waals surface area contributed by atoms with Crippen molar-refractivity contribution in [3.63, 3.8) is 0 Å². The Morgan fingerprint density at radius 1 is 1.27 bits per heavy atom. The molecule has 1 aliphatic heterocycles. The zero-order valence-electron chi connectivity index (χ0n) is 8.14. The molecule has 0 aliphatic carbocycles. The van der Waals surface area contributed by atoms with Gasteiger partial charge in [0.25, 0.3) is 5.56 Å². The SMILES string of the molecule is O=c1[nH]cccc1S(=O)(=O)N1CCCC1. The van der Waals surface area contributed by atoms with E-state index in [-0.39, 0.29) is 4.90 Å². The van der Waals surface area contributed by atoms with Gasteiger partial charge in [0.05, 0.1) is 0 Å². The molecule has 1 aromatic rings. The Labute approximate surface area is 87.8 Å². The van der Waals surface area contributed by atoms with E-state index in [1.54, 1.807) is 0 Å². The summed E-state index contributed by atoms with van der Waals surface area (Å²) in [6.45, 7) is 1.02. The van der Waals surface area contributed by atoms with E-state index in [0.717, 1.165) is 12.8 Å². The van der Waals surface area contributed by atoms with Crippen molar-refractivity contribution in [2.75, 3.05) is 13.1 Å². The van der Waals surface area contributed by atoms with E-state index in [9.17, 15) is 13.2 Å². The topological polar surface area (TPSA) is 70.2 Å². The summed E-state index contributed by atoms with van der Waals surface area (Å²) in [5, 5.41) is 0. The first-order valence-corrected chi connectivity index (χ1v) is 6.24. The van der Waals surface area contributed by atoms with Gasteiger partial charge in [0.1, 0.15) is 4.90 Å². The molecule has 0 radical (unpaired) electrons. The monoisotopic (exact) mass is 228 g/mol. The Morgan fingerprint density at radius 3 is 2.53 bits per heavy atom. The van der Waals surface area contributed by atoms with Gasteiger partial charge in [-0.15, -0.1) is 0 Å². The second kappa shape index (κ2) is 3.79. The van der Waals surface area contributed by atoms with Crippen LogP contribution in [0.2, 0.25) is 0 Å². The van der Waals surface area contributed by atoms with Crippen LogP contribution < -0.4 is 5.56 Å². The predicted octanol–water partition coefficient (Wildman–Crippen LogP) is 0.159. The molecule has 5 nitrogen and oxygen atoms in total. The molecule has 0 spiro atoms. The summed E-state index contributed by atoms with van der Waals surface area (Å²) in [5.74, 6) is 0. The van der Waals surface area contributed by atoms with Crippen molar-refractivity contribution in [1.82, 2.24) is 9.29 Å². The Kier molecular flexibility index (Phi) is 2.62. The number of pyridine rings is 1. The molecule has 15 heavy (non-hydrogen) atoms. The molecule has 1 fully saturated rings. The minimum absolute atomic E-state index is 0.160. The average molecular weight is 228 g/mol. The Morgan fingerprint density at radius 2 is 1.93 bits per heavy atom. The number of aromatic amines is 1. The fourth-order valence-corrected chi connectivity index (χ4v) is 3.24. The van der Waals surface area contributed by atoms with Crippen LogP contribution in [0.15, 0.2) is 28.0 Å². The zero-order chi connectivity index (χ0) is 10.9. The number of nitrogens with one attached hydrogen (secondary N) is 1. The number of H-pyrrole nitrogens is 1. The van der Waals surface area contributed by atoms with Crippen LogP contribution >= 0.6 is 0 Å². The average Bonchev–Trinajstić information content (AvgIpc) is 2.71. The molecule has 1 saturated heterocycles. The van der Waals surface area contributed by atoms with E-state index in [0.29, 0.717) is 13.1 Å². The molecule has 0 atom stereocenters. The highest BCUT2D eigenvalue weighted by molar-refractivity contribution is 7.89. The van der Waals surface area contributed by atoms with Crippen molar-refractivity contribution in [3.8, 4) is 0 Å². The molecule has 2 rings (SSSR count). The molecule has 6 heteroatoms. The summed E-state index contributed by atoms with van der Waals surface area (Å²) in [4.78, 5) is 13.6. The van der Waals surface area contributed by atoms with E-state index in [4.69, 9.17) is 0 Å². The fraction of sp³-hybridized carbons (Fsp3) is 0.444. The highest BCUT2D eigenvalue weighted by atomic mass is 32.2. The van der Waals surface area contributed by atoms with Crippen molar-refractivity contribution in [2.24, 2.45) is 0 Å². The van der Waals surface area contributed by atoms with Crippen LogP contribution in [0.25, 0.3) is 0 Å². The molecule has 1 N–H and O–H groups in total. The maximum Gasteiger partial charge on any atom is 0.268 e. The van der Waals surface area contributed by atoms with E-state index in [1.807, 2.05) is 0 Å². The fourth-order valence-electron chi connectivity index (χ4n) is 1.68. The number of rotatable bonds is 2. The number of aromatic nitrogens is 1. The Bertz CT molecular complexity index is 500. The van der Waals surface area contributed by atoms with Crippen LogP contribution in [-0.4, -0.2) is 30.8 Å². The lowest BCUT2D eigenvalue weighted by atomic mass is 10.4. The van der Waals surface area contributed by atoms with E-state index < -0.39 is 15.6 Å². The van der Waals surface area contributed by atoms with E-state index in [2.05, 4.69) is 4.98 Å². The van der Waals surface area contributed by atoms with Gasteiger partial charge in [0, 0.05) is 19.3 Å². The third-order valence-electron chi connectivity index (χ3n) is 2.46. The van der Waals surface area contributed by atoms with Crippen LogP contribution in [0.5, 0.6) is 0 Å². The van der Waals surface area contributed by atoms with Crippen molar-refractivity contribution in [3.05, 3.63) is 28.7 Å². The first kappa shape index (κ1) is 10.4. The third-order valence-corrected chi connectivity index (χ3v) is 4.39. The maximum atomic E-state index is 12.0. The molecular weight excluding hydrogens is 216 g/mol. The molecule has 0 aromatic carbocycles. The van der Waals surface area contributed by atoms with Gasteiger partial charge < -0.3 is 4.98 Å². The maximum absolute atomic E-state index is 12.0.